The normalized spacial score (nSPS) is 16.2. The van der Waals surface area contributed by atoms with Crippen molar-refractivity contribution in [3.63, 3.8) is 0 Å². The second kappa shape index (κ2) is 5.05. The molecule has 0 aromatic heterocycles. The average molecular weight is 290 g/mol. The van der Waals surface area contributed by atoms with E-state index < -0.39 is 23.6 Å². The number of para-hydroxylation sites is 1. The summed E-state index contributed by atoms with van der Waals surface area (Å²) < 4.78 is 32.1. The van der Waals surface area contributed by atoms with Crippen molar-refractivity contribution in [3.05, 3.63) is 53.6 Å². The van der Waals surface area contributed by atoms with Crippen LogP contribution in [0, 0.1) is 11.6 Å². The Bertz CT molecular complexity index is 671. The smallest absolute Gasteiger partial charge is 0.265 e. The minimum Gasteiger partial charge on any atom is -0.480 e. The number of benzene rings is 2. The molecule has 4 nitrogen and oxygen atoms in total. The van der Waals surface area contributed by atoms with Crippen LogP contribution in [-0.4, -0.2) is 12.0 Å². The molecule has 0 aliphatic carbocycles. The zero-order chi connectivity index (χ0) is 15.0. The summed E-state index contributed by atoms with van der Waals surface area (Å²) in [4.78, 5) is 12.1. The van der Waals surface area contributed by atoms with Gasteiger partial charge in [-0.2, -0.15) is 0 Å². The average Bonchev–Trinajstić information content (AvgIpc) is 2.86. The van der Waals surface area contributed by atoms with Crippen molar-refractivity contribution in [2.24, 2.45) is 0 Å². The highest BCUT2D eigenvalue weighted by Crippen LogP contribution is 2.30. The summed E-state index contributed by atoms with van der Waals surface area (Å²) in [5.74, 6) is -1.61. The van der Waals surface area contributed by atoms with Crippen LogP contribution in [0.15, 0.2) is 36.4 Å². The number of nitrogen functional groups attached to an aromatic ring is 1. The van der Waals surface area contributed by atoms with E-state index in [0.29, 0.717) is 18.2 Å². The Morgan fingerprint density at radius 2 is 2.05 bits per heavy atom. The topological polar surface area (TPSA) is 64.3 Å². The van der Waals surface area contributed by atoms with Crippen molar-refractivity contribution in [1.29, 1.82) is 0 Å². The van der Waals surface area contributed by atoms with Gasteiger partial charge < -0.3 is 15.8 Å². The van der Waals surface area contributed by atoms with E-state index in [0.717, 1.165) is 11.6 Å². The lowest BCUT2D eigenvalue weighted by molar-refractivity contribution is -0.122. The quantitative estimate of drug-likeness (QED) is 0.835. The molecule has 0 fully saturated rings. The lowest BCUT2D eigenvalue weighted by atomic mass is 10.1. The Hall–Kier alpha value is -2.63. The Balaban J connectivity index is 1.77. The Labute approximate surface area is 119 Å². The Morgan fingerprint density at radius 1 is 1.29 bits per heavy atom. The zero-order valence-electron chi connectivity index (χ0n) is 10.9. The number of rotatable bonds is 2. The largest absolute Gasteiger partial charge is 0.480 e. The van der Waals surface area contributed by atoms with E-state index in [-0.39, 0.29) is 11.4 Å². The van der Waals surface area contributed by atoms with Crippen LogP contribution in [0.25, 0.3) is 0 Å². The van der Waals surface area contributed by atoms with Crippen LogP contribution in [0.1, 0.15) is 5.56 Å². The molecule has 21 heavy (non-hydrogen) atoms. The fraction of sp³-hybridized carbons (Fsp3) is 0.133. The van der Waals surface area contributed by atoms with Crippen LogP contribution in [0.4, 0.5) is 20.2 Å². The first kappa shape index (κ1) is 13.4. The third-order valence-corrected chi connectivity index (χ3v) is 3.27. The fourth-order valence-corrected chi connectivity index (χ4v) is 2.26. The third-order valence-electron chi connectivity index (χ3n) is 3.27. The van der Waals surface area contributed by atoms with E-state index in [4.69, 9.17) is 10.5 Å². The van der Waals surface area contributed by atoms with E-state index in [1.54, 1.807) is 12.1 Å². The van der Waals surface area contributed by atoms with E-state index >= 15 is 0 Å². The SMILES string of the molecule is Nc1cc(F)cc(F)c1NC(=O)C1Cc2ccccc2O1. The number of halogens is 2. The molecule has 3 rings (SSSR count). The maximum Gasteiger partial charge on any atom is 0.265 e. The molecule has 1 unspecified atom stereocenters. The van der Waals surface area contributed by atoms with Gasteiger partial charge in [0.15, 0.2) is 11.9 Å². The second-order valence-electron chi connectivity index (χ2n) is 4.76. The minimum atomic E-state index is -0.920. The number of carbonyl (C=O) groups excluding carboxylic acids is 1. The number of hydrogen-bond donors (Lipinski definition) is 2. The number of hydrogen-bond acceptors (Lipinski definition) is 3. The first-order chi connectivity index (χ1) is 10.0. The summed E-state index contributed by atoms with van der Waals surface area (Å²) in [6.07, 6.45) is -0.365. The van der Waals surface area contributed by atoms with E-state index in [1.807, 2.05) is 12.1 Å². The molecule has 108 valence electrons. The molecule has 0 saturated carbocycles. The van der Waals surface area contributed by atoms with Gasteiger partial charge in [-0.1, -0.05) is 18.2 Å². The van der Waals surface area contributed by atoms with Crippen LogP contribution in [0.5, 0.6) is 5.75 Å². The molecular formula is C15H12F2N2O2. The van der Waals surface area contributed by atoms with E-state index in [1.165, 1.54) is 0 Å². The van der Waals surface area contributed by atoms with Crippen molar-refractivity contribution in [1.82, 2.24) is 0 Å². The highest BCUT2D eigenvalue weighted by molar-refractivity contribution is 5.97. The summed E-state index contributed by atoms with van der Waals surface area (Å²) in [7, 11) is 0. The number of carbonyl (C=O) groups is 1. The summed E-state index contributed by atoms with van der Waals surface area (Å²) in [6.45, 7) is 0. The molecule has 1 heterocycles. The Morgan fingerprint density at radius 3 is 2.76 bits per heavy atom. The predicted octanol–water partition coefficient (Wildman–Crippen LogP) is 2.49. The minimum absolute atomic E-state index is 0.170. The molecule has 2 aromatic carbocycles. The summed E-state index contributed by atoms with van der Waals surface area (Å²) in [5, 5.41) is 2.35. The number of fused-ring (bicyclic) bond motifs is 1. The van der Waals surface area contributed by atoms with Gasteiger partial charge in [-0.15, -0.1) is 0 Å². The third kappa shape index (κ3) is 2.52. The number of nitrogens with two attached hydrogens (primary N) is 1. The Kier molecular flexibility index (Phi) is 3.21. The van der Waals surface area contributed by atoms with Gasteiger partial charge in [0.25, 0.3) is 5.91 Å². The van der Waals surface area contributed by atoms with Gasteiger partial charge in [-0.25, -0.2) is 8.78 Å². The van der Waals surface area contributed by atoms with Crippen LogP contribution in [0.2, 0.25) is 0 Å². The molecular weight excluding hydrogens is 278 g/mol. The maximum absolute atomic E-state index is 13.6. The summed E-state index contributed by atoms with van der Waals surface area (Å²) in [6, 6.07) is 8.88. The van der Waals surface area contributed by atoms with Crippen molar-refractivity contribution in [3.8, 4) is 5.75 Å². The second-order valence-corrected chi connectivity index (χ2v) is 4.76. The van der Waals surface area contributed by atoms with Gasteiger partial charge in [0, 0.05) is 12.5 Å². The predicted molar refractivity (Wildman–Crippen MR) is 74.0 cm³/mol. The van der Waals surface area contributed by atoms with Crippen molar-refractivity contribution >= 4 is 17.3 Å². The van der Waals surface area contributed by atoms with E-state index in [2.05, 4.69) is 5.32 Å². The molecule has 2 aromatic rings. The number of nitrogens with one attached hydrogen (secondary N) is 1. The number of ether oxygens (including phenoxy) is 1. The maximum atomic E-state index is 13.6. The first-order valence-corrected chi connectivity index (χ1v) is 6.34. The van der Waals surface area contributed by atoms with Gasteiger partial charge in [0.2, 0.25) is 0 Å². The zero-order valence-corrected chi connectivity index (χ0v) is 10.9. The lowest BCUT2D eigenvalue weighted by Crippen LogP contribution is -2.32. The highest BCUT2D eigenvalue weighted by atomic mass is 19.1. The van der Waals surface area contributed by atoms with Crippen molar-refractivity contribution in [2.75, 3.05) is 11.1 Å². The monoisotopic (exact) mass is 290 g/mol. The molecule has 1 aliphatic heterocycles. The molecule has 0 spiro atoms. The molecule has 0 bridgehead atoms. The van der Waals surface area contributed by atoms with Gasteiger partial charge in [0.05, 0.1) is 5.69 Å². The molecule has 3 N–H and O–H groups in total. The van der Waals surface area contributed by atoms with Crippen LogP contribution in [-0.2, 0) is 11.2 Å². The van der Waals surface area contributed by atoms with Gasteiger partial charge in [-0.3, -0.25) is 4.79 Å². The fourth-order valence-electron chi connectivity index (χ4n) is 2.26. The molecule has 6 heteroatoms. The van der Waals surface area contributed by atoms with Gasteiger partial charge in [0.1, 0.15) is 17.3 Å². The van der Waals surface area contributed by atoms with E-state index in [9.17, 15) is 13.6 Å². The first-order valence-electron chi connectivity index (χ1n) is 6.34. The highest BCUT2D eigenvalue weighted by Gasteiger charge is 2.29. The number of amides is 1. The van der Waals surface area contributed by atoms with Crippen molar-refractivity contribution in [2.45, 2.75) is 12.5 Å². The van der Waals surface area contributed by atoms with Crippen molar-refractivity contribution < 1.29 is 18.3 Å². The van der Waals surface area contributed by atoms with Crippen LogP contribution in [0.3, 0.4) is 0 Å². The molecule has 1 atom stereocenters. The standard InChI is InChI=1S/C15H12F2N2O2/c16-9-6-10(17)14(11(18)7-9)19-15(20)13-5-8-3-1-2-4-12(8)21-13/h1-4,6-7,13H,5,18H2,(H,19,20). The molecule has 0 saturated heterocycles. The summed E-state index contributed by atoms with van der Waals surface area (Å²) >= 11 is 0. The molecule has 1 amide bonds. The van der Waals surface area contributed by atoms with Gasteiger partial charge in [-0.05, 0) is 17.7 Å². The van der Waals surface area contributed by atoms with Crippen LogP contribution >= 0.6 is 0 Å². The number of anilines is 2. The molecule has 1 aliphatic rings. The van der Waals surface area contributed by atoms with Gasteiger partial charge >= 0.3 is 0 Å². The van der Waals surface area contributed by atoms with Crippen LogP contribution < -0.4 is 15.8 Å². The lowest BCUT2D eigenvalue weighted by Gasteiger charge is -2.13. The summed E-state index contributed by atoms with van der Waals surface area (Å²) in [5.41, 5.74) is 6.02. The molecule has 0 radical (unpaired) electrons.